The van der Waals surface area contributed by atoms with Crippen molar-refractivity contribution in [2.75, 3.05) is 43.5 Å². The first-order valence-corrected chi connectivity index (χ1v) is 11.3. The number of rotatable bonds is 5. The van der Waals surface area contributed by atoms with Gasteiger partial charge in [-0.2, -0.15) is 0 Å². The highest BCUT2D eigenvalue weighted by molar-refractivity contribution is 5.96. The number of carbonyl (C=O) groups excluding carboxylic acids is 2. The van der Waals surface area contributed by atoms with Gasteiger partial charge in [0.05, 0.1) is 5.69 Å². The Morgan fingerprint density at radius 2 is 1.81 bits per heavy atom. The lowest BCUT2D eigenvalue weighted by molar-refractivity contribution is -0.131. The van der Waals surface area contributed by atoms with Gasteiger partial charge in [0.25, 0.3) is 0 Å². The van der Waals surface area contributed by atoms with E-state index >= 15 is 0 Å². The summed E-state index contributed by atoms with van der Waals surface area (Å²) in [6.07, 6.45) is 2.58. The van der Waals surface area contributed by atoms with E-state index in [4.69, 9.17) is 9.97 Å². The number of hydrogen-bond acceptors (Lipinski definition) is 5. The Balaban J connectivity index is 1.55. The molecule has 0 N–H and O–H groups in total. The number of hydrogen-bond donors (Lipinski definition) is 0. The SMILES string of the molecule is CCC(=O)N1CCC(c2nc(C3CC(=O)N(c4ccc(F)cc4)C3)cc(N(C)C)n2)CC1. The number of nitrogens with zero attached hydrogens (tertiary/aromatic N) is 5. The van der Waals surface area contributed by atoms with Crippen molar-refractivity contribution in [2.24, 2.45) is 0 Å². The molecule has 0 saturated carbocycles. The predicted molar refractivity (Wildman–Crippen MR) is 121 cm³/mol. The Morgan fingerprint density at radius 3 is 2.44 bits per heavy atom. The molecule has 32 heavy (non-hydrogen) atoms. The van der Waals surface area contributed by atoms with Gasteiger partial charge in [0.1, 0.15) is 17.5 Å². The smallest absolute Gasteiger partial charge is 0.227 e. The molecule has 1 aromatic carbocycles. The predicted octanol–water partition coefficient (Wildman–Crippen LogP) is 3.32. The van der Waals surface area contributed by atoms with E-state index in [0.29, 0.717) is 25.1 Å². The fraction of sp³-hybridized carbons (Fsp3) is 0.500. The summed E-state index contributed by atoms with van der Waals surface area (Å²) in [4.78, 5) is 40.0. The summed E-state index contributed by atoms with van der Waals surface area (Å²) in [7, 11) is 3.89. The number of likely N-dealkylation sites (tertiary alicyclic amines) is 1. The molecule has 0 radical (unpaired) electrons. The Bertz CT molecular complexity index is 986. The lowest BCUT2D eigenvalue weighted by Crippen LogP contribution is -2.37. The largest absolute Gasteiger partial charge is 0.363 e. The van der Waals surface area contributed by atoms with Crippen LogP contribution in [-0.2, 0) is 9.59 Å². The third kappa shape index (κ3) is 4.59. The average molecular weight is 440 g/mol. The van der Waals surface area contributed by atoms with Crippen LogP contribution in [0, 0.1) is 5.82 Å². The van der Waals surface area contributed by atoms with Crippen LogP contribution in [0.15, 0.2) is 30.3 Å². The summed E-state index contributed by atoms with van der Waals surface area (Å²) in [6.45, 7) is 3.85. The first-order valence-electron chi connectivity index (χ1n) is 11.3. The fourth-order valence-corrected chi connectivity index (χ4v) is 4.48. The molecule has 0 bridgehead atoms. The zero-order valence-electron chi connectivity index (χ0n) is 18.9. The molecular weight excluding hydrogens is 409 g/mol. The van der Waals surface area contributed by atoms with Gasteiger partial charge in [-0.3, -0.25) is 9.59 Å². The third-order valence-corrected chi connectivity index (χ3v) is 6.40. The van der Waals surface area contributed by atoms with Crippen LogP contribution in [0.25, 0.3) is 0 Å². The van der Waals surface area contributed by atoms with E-state index < -0.39 is 0 Å². The van der Waals surface area contributed by atoms with Crippen molar-refractivity contribution in [1.82, 2.24) is 14.9 Å². The van der Waals surface area contributed by atoms with Crippen LogP contribution in [-0.4, -0.2) is 60.4 Å². The number of benzene rings is 1. The fourth-order valence-electron chi connectivity index (χ4n) is 4.48. The lowest BCUT2D eigenvalue weighted by Gasteiger charge is -2.31. The van der Waals surface area contributed by atoms with Crippen molar-refractivity contribution in [3.8, 4) is 0 Å². The van der Waals surface area contributed by atoms with Crippen LogP contribution in [0.3, 0.4) is 0 Å². The van der Waals surface area contributed by atoms with Crippen molar-refractivity contribution < 1.29 is 14.0 Å². The van der Waals surface area contributed by atoms with E-state index in [9.17, 15) is 14.0 Å². The minimum absolute atomic E-state index is 0.0135. The first-order chi connectivity index (χ1) is 15.4. The van der Waals surface area contributed by atoms with Gasteiger partial charge in [-0.25, -0.2) is 14.4 Å². The summed E-state index contributed by atoms with van der Waals surface area (Å²) in [5, 5.41) is 0. The molecule has 3 heterocycles. The molecule has 7 nitrogen and oxygen atoms in total. The van der Waals surface area contributed by atoms with E-state index in [1.54, 1.807) is 17.0 Å². The van der Waals surface area contributed by atoms with Crippen molar-refractivity contribution >= 4 is 23.3 Å². The Hall–Kier alpha value is -3.03. The highest BCUT2D eigenvalue weighted by Gasteiger charge is 2.34. The van der Waals surface area contributed by atoms with Crippen LogP contribution >= 0.6 is 0 Å². The maximum atomic E-state index is 13.3. The zero-order chi connectivity index (χ0) is 22.8. The van der Waals surface area contributed by atoms with E-state index in [1.807, 2.05) is 36.9 Å². The Morgan fingerprint density at radius 1 is 1.12 bits per heavy atom. The molecule has 1 aromatic heterocycles. The first kappa shape index (κ1) is 22.2. The van der Waals surface area contributed by atoms with Crippen LogP contribution in [0.1, 0.15) is 56.0 Å². The number of amides is 2. The molecule has 8 heteroatoms. The van der Waals surface area contributed by atoms with E-state index in [0.717, 1.165) is 43.3 Å². The minimum Gasteiger partial charge on any atom is -0.363 e. The van der Waals surface area contributed by atoms with Gasteiger partial charge >= 0.3 is 0 Å². The number of anilines is 2. The summed E-state index contributed by atoms with van der Waals surface area (Å²) in [6, 6.07) is 7.98. The summed E-state index contributed by atoms with van der Waals surface area (Å²) in [5.74, 6) is 1.65. The summed E-state index contributed by atoms with van der Waals surface area (Å²) < 4.78 is 13.3. The molecule has 2 aliphatic heterocycles. The molecule has 2 aromatic rings. The van der Waals surface area contributed by atoms with Crippen molar-refractivity contribution in [3.05, 3.63) is 47.7 Å². The molecule has 170 valence electrons. The van der Waals surface area contributed by atoms with Crippen LogP contribution < -0.4 is 9.80 Å². The van der Waals surface area contributed by atoms with Crippen molar-refractivity contribution in [3.63, 3.8) is 0 Å². The van der Waals surface area contributed by atoms with Crippen molar-refractivity contribution in [2.45, 2.75) is 44.4 Å². The van der Waals surface area contributed by atoms with Gasteiger partial charge < -0.3 is 14.7 Å². The molecule has 2 amide bonds. The average Bonchev–Trinajstić information content (AvgIpc) is 3.20. The van der Waals surface area contributed by atoms with Gasteiger partial charge in [-0.15, -0.1) is 0 Å². The van der Waals surface area contributed by atoms with Crippen molar-refractivity contribution in [1.29, 1.82) is 0 Å². The topological polar surface area (TPSA) is 69.6 Å². The van der Waals surface area contributed by atoms with E-state index in [2.05, 4.69) is 0 Å². The molecular formula is C24H30FN5O2. The standard InChI is InChI=1S/C24H30FN5O2/c1-4-22(31)29-11-9-16(10-12-29)24-26-20(14-21(27-24)28(2)3)17-13-23(32)30(15-17)19-7-5-18(25)6-8-19/h5-8,14,16-17H,4,9-13,15H2,1-3H3. The number of halogens is 1. The lowest BCUT2D eigenvalue weighted by atomic mass is 9.95. The van der Waals surface area contributed by atoms with Gasteiger partial charge in [0, 0.05) is 70.2 Å². The molecule has 2 saturated heterocycles. The maximum absolute atomic E-state index is 13.3. The highest BCUT2D eigenvalue weighted by atomic mass is 19.1. The second-order valence-corrected chi connectivity index (χ2v) is 8.79. The highest BCUT2D eigenvalue weighted by Crippen LogP contribution is 2.34. The van der Waals surface area contributed by atoms with Gasteiger partial charge in [-0.1, -0.05) is 6.92 Å². The number of piperidine rings is 1. The normalized spacial score (nSPS) is 19.5. The van der Waals surface area contributed by atoms with E-state index in [1.165, 1.54) is 12.1 Å². The third-order valence-electron chi connectivity index (χ3n) is 6.40. The van der Waals surface area contributed by atoms with Gasteiger partial charge in [0.2, 0.25) is 11.8 Å². The maximum Gasteiger partial charge on any atom is 0.227 e. The molecule has 2 fully saturated rings. The second-order valence-electron chi connectivity index (χ2n) is 8.79. The molecule has 4 rings (SSSR count). The minimum atomic E-state index is -0.320. The quantitative estimate of drug-likeness (QED) is 0.715. The summed E-state index contributed by atoms with van der Waals surface area (Å²) in [5.41, 5.74) is 1.57. The number of aromatic nitrogens is 2. The molecule has 0 aliphatic carbocycles. The monoisotopic (exact) mass is 439 g/mol. The van der Waals surface area contributed by atoms with Gasteiger partial charge in [-0.05, 0) is 37.1 Å². The van der Waals surface area contributed by atoms with E-state index in [-0.39, 0.29) is 29.5 Å². The Kier molecular flexibility index (Phi) is 6.39. The zero-order valence-corrected chi connectivity index (χ0v) is 18.9. The number of carbonyl (C=O) groups is 2. The van der Waals surface area contributed by atoms with Gasteiger partial charge in [0.15, 0.2) is 0 Å². The summed E-state index contributed by atoms with van der Waals surface area (Å²) >= 11 is 0. The molecule has 2 aliphatic rings. The van der Waals surface area contributed by atoms with Crippen LogP contribution in [0.4, 0.5) is 15.9 Å². The van der Waals surface area contributed by atoms with Crippen LogP contribution in [0.5, 0.6) is 0 Å². The Labute approximate surface area is 188 Å². The van der Waals surface area contributed by atoms with Crippen LogP contribution in [0.2, 0.25) is 0 Å². The second kappa shape index (κ2) is 9.22. The molecule has 1 unspecified atom stereocenters. The molecule has 1 atom stereocenters. The molecule has 0 spiro atoms.